The molecule has 0 spiro atoms. The summed E-state index contributed by atoms with van der Waals surface area (Å²) in [4.78, 5) is 24.2. The predicted octanol–water partition coefficient (Wildman–Crippen LogP) is 4.07. The molecule has 0 aliphatic carbocycles. The molecular weight excluding hydrogens is 487 g/mol. The molecule has 0 radical (unpaired) electrons. The molecule has 0 bridgehead atoms. The van der Waals surface area contributed by atoms with Crippen LogP contribution in [0, 0.1) is 0 Å². The van der Waals surface area contributed by atoms with Crippen LogP contribution in [0.1, 0.15) is 27.6 Å². The second-order valence-electron chi connectivity index (χ2n) is 5.86. The molecule has 0 saturated carbocycles. The molecule has 0 aliphatic heterocycles. The number of aromatic nitrogens is 2. The van der Waals surface area contributed by atoms with Crippen LogP contribution in [-0.2, 0) is 14.8 Å². The highest BCUT2D eigenvalue weighted by atomic mass is 35.5. The van der Waals surface area contributed by atoms with E-state index in [1.165, 1.54) is 42.5 Å². The van der Waals surface area contributed by atoms with Crippen LogP contribution < -0.4 is 10.0 Å². The van der Waals surface area contributed by atoms with Gasteiger partial charge in [-0.1, -0.05) is 40.6 Å². The van der Waals surface area contributed by atoms with E-state index in [2.05, 4.69) is 20.2 Å². The molecule has 3 rings (SSSR count). The largest absolute Gasteiger partial charge is 0.462 e. The van der Waals surface area contributed by atoms with Crippen LogP contribution in [0.4, 0.5) is 10.8 Å². The number of sulfonamides is 1. The molecule has 2 aromatic carbocycles. The van der Waals surface area contributed by atoms with E-state index in [-0.39, 0.29) is 37.9 Å². The van der Waals surface area contributed by atoms with Crippen LogP contribution in [0.2, 0.25) is 10.0 Å². The van der Waals surface area contributed by atoms with Crippen molar-refractivity contribution in [2.75, 3.05) is 16.6 Å². The number of amides is 1. The van der Waals surface area contributed by atoms with E-state index in [1.807, 2.05) is 0 Å². The number of ether oxygens (including phenoxy) is 1. The molecule has 31 heavy (non-hydrogen) atoms. The van der Waals surface area contributed by atoms with Gasteiger partial charge in [0.2, 0.25) is 5.13 Å². The Kier molecular flexibility index (Phi) is 7.11. The Bertz CT molecular complexity index is 1250. The Labute approximate surface area is 191 Å². The van der Waals surface area contributed by atoms with Crippen molar-refractivity contribution in [3.63, 3.8) is 0 Å². The smallest absolute Gasteiger partial charge is 0.338 e. The van der Waals surface area contributed by atoms with E-state index in [1.54, 1.807) is 6.92 Å². The third-order valence-corrected chi connectivity index (χ3v) is 6.79. The van der Waals surface area contributed by atoms with Gasteiger partial charge in [-0.25, -0.2) is 4.79 Å². The second kappa shape index (κ2) is 9.60. The lowest BCUT2D eigenvalue weighted by Gasteiger charge is -2.07. The highest BCUT2D eigenvalue weighted by molar-refractivity contribution is 7.94. The maximum absolute atomic E-state index is 12.6. The van der Waals surface area contributed by atoms with Crippen molar-refractivity contribution in [1.82, 2.24) is 10.2 Å². The SMILES string of the molecule is CCOC(=O)c1cccc(NS(=O)(=O)c2nnc(NC(=O)c3ccc(Cl)cc3Cl)s2)c1. The fraction of sp³-hybridized carbons (Fsp3) is 0.111. The molecule has 0 atom stereocenters. The Morgan fingerprint density at radius 1 is 1.13 bits per heavy atom. The Balaban J connectivity index is 1.74. The first kappa shape index (κ1) is 22.9. The summed E-state index contributed by atoms with van der Waals surface area (Å²) in [5, 5.41) is 10.2. The summed E-state index contributed by atoms with van der Waals surface area (Å²) in [6.45, 7) is 1.85. The number of nitrogens with one attached hydrogen (secondary N) is 2. The van der Waals surface area contributed by atoms with Gasteiger partial charge in [0.15, 0.2) is 0 Å². The number of anilines is 2. The molecule has 162 valence electrons. The van der Waals surface area contributed by atoms with Crippen LogP contribution in [0.5, 0.6) is 0 Å². The van der Waals surface area contributed by atoms with Crippen molar-refractivity contribution >= 4 is 67.3 Å². The first-order chi connectivity index (χ1) is 14.7. The van der Waals surface area contributed by atoms with Crippen molar-refractivity contribution in [2.24, 2.45) is 0 Å². The first-order valence-corrected chi connectivity index (χ1v) is 11.6. The molecule has 1 aromatic heterocycles. The molecule has 13 heteroatoms. The van der Waals surface area contributed by atoms with E-state index in [0.717, 1.165) is 0 Å². The zero-order valence-corrected chi connectivity index (χ0v) is 18.9. The van der Waals surface area contributed by atoms with Gasteiger partial charge in [0.1, 0.15) is 0 Å². The summed E-state index contributed by atoms with van der Waals surface area (Å²) in [6, 6.07) is 10.1. The molecule has 0 fully saturated rings. The molecular formula is C18H14Cl2N4O5S2. The Morgan fingerprint density at radius 2 is 1.90 bits per heavy atom. The lowest BCUT2D eigenvalue weighted by Crippen LogP contribution is -2.13. The van der Waals surface area contributed by atoms with Gasteiger partial charge >= 0.3 is 5.97 Å². The molecule has 2 N–H and O–H groups in total. The van der Waals surface area contributed by atoms with Crippen LogP contribution in [0.15, 0.2) is 46.8 Å². The van der Waals surface area contributed by atoms with E-state index >= 15 is 0 Å². The van der Waals surface area contributed by atoms with Gasteiger partial charge in [0, 0.05) is 10.7 Å². The standard InChI is InChI=1S/C18H14Cl2N4O5S2/c1-2-29-16(26)10-4-3-5-12(8-10)24-31(27,28)18-23-22-17(30-18)21-15(25)13-7-6-11(19)9-14(13)20/h3-9,24H,2H2,1H3,(H,21,22,25). The third-order valence-electron chi connectivity index (χ3n) is 3.66. The summed E-state index contributed by atoms with van der Waals surface area (Å²) >= 11 is 12.4. The van der Waals surface area contributed by atoms with Crippen LogP contribution in [-0.4, -0.2) is 37.1 Å². The Morgan fingerprint density at radius 3 is 2.61 bits per heavy atom. The number of halogens is 2. The molecule has 0 saturated heterocycles. The number of nitrogens with zero attached hydrogens (tertiary/aromatic N) is 2. The highest BCUT2D eigenvalue weighted by Crippen LogP contribution is 2.25. The fourth-order valence-corrected chi connectivity index (χ4v) is 4.77. The van der Waals surface area contributed by atoms with E-state index in [9.17, 15) is 18.0 Å². The molecule has 0 aliphatic rings. The Hall–Kier alpha value is -2.73. The predicted molar refractivity (Wildman–Crippen MR) is 118 cm³/mol. The number of benzene rings is 2. The van der Waals surface area contributed by atoms with Gasteiger partial charge in [-0.2, -0.15) is 8.42 Å². The minimum absolute atomic E-state index is 0.0448. The maximum Gasteiger partial charge on any atom is 0.338 e. The summed E-state index contributed by atoms with van der Waals surface area (Å²) in [7, 11) is -4.11. The number of esters is 1. The highest BCUT2D eigenvalue weighted by Gasteiger charge is 2.22. The summed E-state index contributed by atoms with van der Waals surface area (Å²) < 4.78 is 32.0. The normalized spacial score (nSPS) is 11.1. The lowest BCUT2D eigenvalue weighted by molar-refractivity contribution is 0.0526. The van der Waals surface area contributed by atoms with Crippen LogP contribution in [0.25, 0.3) is 0 Å². The number of hydrogen-bond donors (Lipinski definition) is 2. The molecule has 3 aromatic rings. The minimum Gasteiger partial charge on any atom is -0.462 e. The van der Waals surface area contributed by atoms with Crippen LogP contribution in [0.3, 0.4) is 0 Å². The lowest BCUT2D eigenvalue weighted by atomic mass is 10.2. The monoisotopic (exact) mass is 500 g/mol. The number of hydrogen-bond acceptors (Lipinski definition) is 8. The van der Waals surface area contributed by atoms with Gasteiger partial charge in [0.25, 0.3) is 20.3 Å². The van der Waals surface area contributed by atoms with Gasteiger partial charge in [-0.15, -0.1) is 10.2 Å². The third kappa shape index (κ3) is 5.70. The average Bonchev–Trinajstić information content (AvgIpc) is 3.17. The van der Waals surface area contributed by atoms with Crippen LogP contribution >= 0.6 is 34.5 Å². The first-order valence-electron chi connectivity index (χ1n) is 8.59. The van der Waals surface area contributed by atoms with Crippen molar-refractivity contribution in [3.05, 3.63) is 63.6 Å². The molecule has 9 nitrogen and oxygen atoms in total. The van der Waals surface area contributed by atoms with Gasteiger partial charge < -0.3 is 4.74 Å². The quantitative estimate of drug-likeness (QED) is 0.369. The van der Waals surface area contributed by atoms with E-state index in [4.69, 9.17) is 27.9 Å². The van der Waals surface area contributed by atoms with Crippen molar-refractivity contribution in [3.8, 4) is 0 Å². The number of carbonyl (C=O) groups is 2. The number of carbonyl (C=O) groups excluding carboxylic acids is 2. The average molecular weight is 501 g/mol. The van der Waals surface area contributed by atoms with E-state index < -0.39 is 21.9 Å². The topological polar surface area (TPSA) is 127 Å². The van der Waals surface area contributed by atoms with Gasteiger partial charge in [-0.05, 0) is 43.3 Å². The zero-order chi connectivity index (χ0) is 22.6. The maximum atomic E-state index is 12.6. The second-order valence-corrected chi connectivity index (χ2v) is 9.54. The fourth-order valence-electron chi connectivity index (χ4n) is 2.33. The van der Waals surface area contributed by atoms with Crippen molar-refractivity contribution in [1.29, 1.82) is 0 Å². The number of rotatable bonds is 7. The van der Waals surface area contributed by atoms with Gasteiger partial charge in [0.05, 0.1) is 22.8 Å². The summed E-state index contributed by atoms with van der Waals surface area (Å²) in [6.07, 6.45) is 0. The molecule has 1 heterocycles. The summed E-state index contributed by atoms with van der Waals surface area (Å²) in [5.41, 5.74) is 0.464. The van der Waals surface area contributed by atoms with E-state index in [0.29, 0.717) is 16.4 Å². The van der Waals surface area contributed by atoms with Gasteiger partial charge in [-0.3, -0.25) is 14.8 Å². The summed E-state index contributed by atoms with van der Waals surface area (Å²) in [5.74, 6) is -1.18. The molecule has 1 amide bonds. The molecule has 0 unspecified atom stereocenters. The minimum atomic E-state index is -4.11. The van der Waals surface area contributed by atoms with Crippen molar-refractivity contribution in [2.45, 2.75) is 11.3 Å². The van der Waals surface area contributed by atoms with Crippen molar-refractivity contribution < 1.29 is 22.7 Å². The zero-order valence-electron chi connectivity index (χ0n) is 15.8.